The van der Waals surface area contributed by atoms with Crippen molar-refractivity contribution in [3.8, 4) is 11.5 Å². The number of nitrogens with one attached hydrogen (secondary N) is 2. The molecule has 3 rings (SSSR count). The molecule has 0 aliphatic carbocycles. The molecule has 3 aromatic rings. The maximum Gasteiger partial charge on any atom is 0.234 e. The van der Waals surface area contributed by atoms with Crippen LogP contribution >= 0.6 is 11.8 Å². The normalized spacial score (nSPS) is 10.9. The molecule has 2 aromatic carbocycles. The first kappa shape index (κ1) is 20.4. The van der Waals surface area contributed by atoms with Crippen LogP contribution in [0.3, 0.4) is 0 Å². The summed E-state index contributed by atoms with van der Waals surface area (Å²) in [6, 6.07) is 11.2. The zero-order valence-electron chi connectivity index (χ0n) is 15.8. The van der Waals surface area contributed by atoms with Crippen LogP contribution < -0.4 is 14.8 Å². The molecule has 2 N–H and O–H groups in total. The summed E-state index contributed by atoms with van der Waals surface area (Å²) in [5.74, 6) is 1.32. The molecule has 1 amide bonds. The Hall–Kier alpha value is -3.33. The van der Waals surface area contributed by atoms with Gasteiger partial charge in [0, 0.05) is 11.8 Å². The number of nitrogens with zero attached hydrogens (tertiary/aromatic N) is 2. The fourth-order valence-corrected chi connectivity index (χ4v) is 2.99. The molecule has 7 nitrogen and oxygen atoms in total. The summed E-state index contributed by atoms with van der Waals surface area (Å²) in [5, 5.41) is 10.1. The van der Waals surface area contributed by atoms with Crippen LogP contribution in [0.4, 0.5) is 10.1 Å². The van der Waals surface area contributed by atoms with Gasteiger partial charge in [0.15, 0.2) is 11.5 Å². The van der Waals surface area contributed by atoms with E-state index in [4.69, 9.17) is 9.47 Å². The molecule has 0 radical (unpaired) electrons. The molecule has 0 aliphatic heterocycles. The molecule has 0 unspecified atom stereocenters. The zero-order chi connectivity index (χ0) is 20.6. The average molecular weight is 414 g/mol. The number of benzene rings is 2. The van der Waals surface area contributed by atoms with Gasteiger partial charge in [0.2, 0.25) is 11.1 Å². The van der Waals surface area contributed by atoms with Crippen molar-refractivity contribution in [2.75, 3.05) is 25.3 Å². The van der Waals surface area contributed by atoms with E-state index in [0.29, 0.717) is 28.2 Å². The van der Waals surface area contributed by atoms with Gasteiger partial charge in [-0.2, -0.15) is 0 Å². The number of aromatic amines is 1. The Morgan fingerprint density at radius 1 is 1.14 bits per heavy atom. The molecular weight excluding hydrogens is 395 g/mol. The van der Waals surface area contributed by atoms with Gasteiger partial charge in [0.25, 0.3) is 0 Å². The number of carbonyl (C=O) groups is 1. The van der Waals surface area contributed by atoms with E-state index in [2.05, 4.69) is 20.5 Å². The molecule has 0 saturated heterocycles. The van der Waals surface area contributed by atoms with E-state index in [1.54, 1.807) is 49.6 Å². The number of amides is 1. The Labute approximate surface area is 171 Å². The first-order chi connectivity index (χ1) is 14.1. The second kappa shape index (κ2) is 9.74. The van der Waals surface area contributed by atoms with Crippen LogP contribution in [0.2, 0.25) is 0 Å². The number of methoxy groups -OCH3 is 2. The van der Waals surface area contributed by atoms with E-state index in [9.17, 15) is 9.18 Å². The summed E-state index contributed by atoms with van der Waals surface area (Å²) in [5.41, 5.74) is 1.44. The minimum atomic E-state index is -0.285. The van der Waals surface area contributed by atoms with Crippen LogP contribution in [0.25, 0.3) is 12.2 Å². The fourth-order valence-electron chi connectivity index (χ4n) is 2.39. The Kier molecular flexibility index (Phi) is 6.85. The summed E-state index contributed by atoms with van der Waals surface area (Å²) < 4.78 is 23.3. The second-order valence-electron chi connectivity index (χ2n) is 5.79. The summed E-state index contributed by atoms with van der Waals surface area (Å²) in [7, 11) is 3.08. The molecular formula is C20H19FN4O3S. The van der Waals surface area contributed by atoms with E-state index in [1.165, 1.54) is 31.0 Å². The van der Waals surface area contributed by atoms with Crippen molar-refractivity contribution in [2.24, 2.45) is 0 Å². The number of ether oxygens (including phenoxy) is 2. The molecule has 0 fully saturated rings. The summed E-state index contributed by atoms with van der Waals surface area (Å²) >= 11 is 1.20. The topological polar surface area (TPSA) is 89.1 Å². The fraction of sp³-hybridized carbons (Fsp3) is 0.150. The lowest BCUT2D eigenvalue weighted by Gasteiger charge is -2.10. The van der Waals surface area contributed by atoms with Gasteiger partial charge in [-0.1, -0.05) is 30.0 Å². The predicted octanol–water partition coefficient (Wildman–Crippen LogP) is 3.86. The highest BCUT2D eigenvalue weighted by molar-refractivity contribution is 7.99. The lowest BCUT2D eigenvalue weighted by molar-refractivity contribution is -0.113. The van der Waals surface area contributed by atoms with Crippen molar-refractivity contribution in [1.29, 1.82) is 0 Å². The highest BCUT2D eigenvalue weighted by Gasteiger charge is 2.10. The highest BCUT2D eigenvalue weighted by atomic mass is 32.2. The van der Waals surface area contributed by atoms with Crippen molar-refractivity contribution in [3.05, 3.63) is 59.7 Å². The zero-order valence-corrected chi connectivity index (χ0v) is 16.6. The Morgan fingerprint density at radius 3 is 2.62 bits per heavy atom. The number of H-pyrrole nitrogens is 1. The smallest absolute Gasteiger partial charge is 0.234 e. The van der Waals surface area contributed by atoms with Crippen molar-refractivity contribution >= 4 is 35.5 Å². The van der Waals surface area contributed by atoms with Crippen molar-refractivity contribution < 1.29 is 18.7 Å². The van der Waals surface area contributed by atoms with Crippen LogP contribution in [-0.2, 0) is 4.79 Å². The standard InChI is InChI=1S/C20H19FN4O3S/c1-27-16-9-8-15(11-17(16)28-2)22-19(26)12-29-20-23-18(24-25-20)10-5-13-3-6-14(21)7-4-13/h3-11H,12H2,1-2H3,(H,22,26)(H,23,24,25)/b10-5+. The molecule has 0 saturated carbocycles. The Morgan fingerprint density at radius 2 is 1.90 bits per heavy atom. The van der Waals surface area contributed by atoms with E-state index < -0.39 is 0 Å². The van der Waals surface area contributed by atoms with E-state index in [-0.39, 0.29) is 17.5 Å². The van der Waals surface area contributed by atoms with Crippen molar-refractivity contribution in [1.82, 2.24) is 15.2 Å². The molecule has 9 heteroatoms. The lowest BCUT2D eigenvalue weighted by atomic mass is 10.2. The summed E-state index contributed by atoms with van der Waals surface area (Å²) in [6.45, 7) is 0. The maximum atomic E-state index is 12.9. The van der Waals surface area contributed by atoms with Crippen molar-refractivity contribution in [2.45, 2.75) is 5.16 Å². The van der Waals surface area contributed by atoms with Gasteiger partial charge in [-0.25, -0.2) is 9.37 Å². The van der Waals surface area contributed by atoms with Crippen LogP contribution in [-0.4, -0.2) is 41.1 Å². The number of thioether (sulfide) groups is 1. The number of hydrogen-bond acceptors (Lipinski definition) is 6. The third kappa shape index (κ3) is 5.82. The minimum Gasteiger partial charge on any atom is -0.493 e. The lowest BCUT2D eigenvalue weighted by Crippen LogP contribution is -2.14. The number of anilines is 1. The highest BCUT2D eigenvalue weighted by Crippen LogP contribution is 2.29. The molecule has 0 spiro atoms. The number of carbonyl (C=O) groups excluding carboxylic acids is 1. The van der Waals surface area contributed by atoms with E-state index in [0.717, 1.165) is 5.56 Å². The summed E-state index contributed by atoms with van der Waals surface area (Å²) in [6.07, 6.45) is 3.52. The van der Waals surface area contributed by atoms with Crippen LogP contribution in [0, 0.1) is 5.82 Å². The van der Waals surface area contributed by atoms with Crippen LogP contribution in [0.5, 0.6) is 11.5 Å². The average Bonchev–Trinajstić information content (AvgIpc) is 3.19. The molecule has 150 valence electrons. The first-order valence-electron chi connectivity index (χ1n) is 8.58. The van der Waals surface area contributed by atoms with Gasteiger partial charge >= 0.3 is 0 Å². The van der Waals surface area contributed by atoms with Gasteiger partial charge in [-0.05, 0) is 35.9 Å². The monoisotopic (exact) mass is 414 g/mol. The van der Waals surface area contributed by atoms with Crippen LogP contribution in [0.1, 0.15) is 11.4 Å². The number of hydrogen-bond donors (Lipinski definition) is 2. The SMILES string of the molecule is COc1ccc(NC(=O)CSc2n[nH]c(/C=C/c3ccc(F)cc3)n2)cc1OC. The maximum absolute atomic E-state index is 12.9. The van der Waals surface area contributed by atoms with Crippen LogP contribution in [0.15, 0.2) is 47.6 Å². The predicted molar refractivity (Wildman–Crippen MR) is 111 cm³/mol. The number of halogens is 1. The first-order valence-corrected chi connectivity index (χ1v) is 9.56. The molecule has 29 heavy (non-hydrogen) atoms. The second-order valence-corrected chi connectivity index (χ2v) is 6.74. The van der Waals surface area contributed by atoms with Gasteiger partial charge in [-0.3, -0.25) is 9.89 Å². The molecule has 1 heterocycles. The Balaban J connectivity index is 1.52. The van der Waals surface area contributed by atoms with Gasteiger partial charge in [-0.15, -0.1) is 5.10 Å². The van der Waals surface area contributed by atoms with E-state index >= 15 is 0 Å². The Bertz CT molecular complexity index is 1010. The van der Waals surface area contributed by atoms with Gasteiger partial charge in [0.1, 0.15) is 11.6 Å². The number of rotatable bonds is 8. The molecule has 0 aliphatic rings. The summed E-state index contributed by atoms with van der Waals surface area (Å²) in [4.78, 5) is 16.5. The van der Waals surface area contributed by atoms with Crippen molar-refractivity contribution in [3.63, 3.8) is 0 Å². The molecule has 1 aromatic heterocycles. The molecule has 0 atom stereocenters. The van der Waals surface area contributed by atoms with E-state index in [1.807, 2.05) is 0 Å². The largest absolute Gasteiger partial charge is 0.493 e. The molecule has 0 bridgehead atoms. The third-order valence-corrected chi connectivity index (χ3v) is 4.63. The van der Waals surface area contributed by atoms with Gasteiger partial charge in [0.05, 0.1) is 20.0 Å². The quantitative estimate of drug-likeness (QED) is 0.544. The minimum absolute atomic E-state index is 0.146. The number of aromatic nitrogens is 3. The third-order valence-electron chi connectivity index (χ3n) is 3.79. The van der Waals surface area contributed by atoms with Gasteiger partial charge < -0.3 is 14.8 Å².